The van der Waals surface area contributed by atoms with Crippen LogP contribution in [0.15, 0.2) is 15.8 Å². The first-order valence-electron chi connectivity index (χ1n) is 7.55. The monoisotopic (exact) mass is 344 g/mol. The highest BCUT2D eigenvalue weighted by Crippen LogP contribution is 2.27. The van der Waals surface area contributed by atoms with E-state index in [0.717, 1.165) is 4.57 Å². The molecule has 0 saturated carbocycles. The van der Waals surface area contributed by atoms with Crippen molar-refractivity contribution in [1.82, 2.24) is 9.13 Å². The molecule has 0 bridgehead atoms. The molecule has 3 atom stereocenters. The number of ketones is 1. The fraction of sp³-hybridized carbons (Fsp3) is 0.667. The average molecular weight is 344 g/mol. The third kappa shape index (κ3) is 3.47. The van der Waals surface area contributed by atoms with E-state index < -0.39 is 59.9 Å². The van der Waals surface area contributed by atoms with E-state index in [0.29, 0.717) is 10.8 Å². The number of nitrogens with zero attached hydrogens (tertiary/aromatic N) is 2. The fourth-order valence-electron chi connectivity index (χ4n) is 2.36. The lowest BCUT2D eigenvalue weighted by molar-refractivity contribution is -0.127. The molecule has 24 heavy (non-hydrogen) atoms. The van der Waals surface area contributed by atoms with Crippen molar-refractivity contribution in [2.24, 2.45) is 5.41 Å². The highest BCUT2D eigenvalue weighted by atomic mass is 19.1. The molecule has 1 aliphatic heterocycles. The van der Waals surface area contributed by atoms with Crippen molar-refractivity contribution in [1.29, 1.82) is 0 Å². The number of aliphatic hydroxyl groups excluding tert-OH is 2. The van der Waals surface area contributed by atoms with Crippen molar-refractivity contribution in [2.75, 3.05) is 6.61 Å². The number of aliphatic hydroxyl groups is 2. The summed E-state index contributed by atoms with van der Waals surface area (Å²) in [5.41, 5.74) is -2.90. The van der Waals surface area contributed by atoms with Gasteiger partial charge in [0.05, 0.1) is 25.5 Å². The zero-order chi connectivity index (χ0) is 18.2. The summed E-state index contributed by atoms with van der Waals surface area (Å²) in [6, 6.07) is 0. The molecular weight excluding hydrogens is 323 g/mol. The number of hydrogen-bond donors (Lipinski definition) is 2. The highest BCUT2D eigenvalue weighted by Gasteiger charge is 2.36. The maximum atomic E-state index is 13.9. The molecular formula is C15H21FN2O6. The van der Waals surface area contributed by atoms with Crippen LogP contribution in [0.3, 0.4) is 0 Å². The minimum atomic E-state index is -1.21. The summed E-state index contributed by atoms with van der Waals surface area (Å²) in [4.78, 5) is 36.5. The molecule has 2 rings (SSSR count). The first-order valence-corrected chi connectivity index (χ1v) is 7.55. The van der Waals surface area contributed by atoms with Crippen molar-refractivity contribution in [2.45, 2.75) is 52.2 Å². The normalized spacial score (nSPS) is 24.3. The van der Waals surface area contributed by atoms with E-state index in [1.165, 1.54) is 0 Å². The van der Waals surface area contributed by atoms with Gasteiger partial charge in [-0.2, -0.15) is 4.39 Å². The quantitative estimate of drug-likeness (QED) is 0.755. The van der Waals surface area contributed by atoms with Crippen LogP contribution in [0.25, 0.3) is 0 Å². The molecule has 8 nitrogen and oxygen atoms in total. The Labute approximate surface area is 137 Å². The summed E-state index contributed by atoms with van der Waals surface area (Å²) in [7, 11) is 0. The van der Waals surface area contributed by atoms with E-state index in [1.807, 2.05) is 0 Å². The zero-order valence-electron chi connectivity index (χ0n) is 13.7. The number of carbonyl (C=O) groups excluding carboxylic acids is 1. The lowest BCUT2D eigenvalue weighted by atomic mass is 9.91. The van der Waals surface area contributed by atoms with Gasteiger partial charge in [-0.3, -0.25) is 18.7 Å². The summed E-state index contributed by atoms with van der Waals surface area (Å²) in [6.45, 7) is 3.86. The summed E-state index contributed by atoms with van der Waals surface area (Å²) in [5, 5.41) is 18.8. The number of halogens is 1. The summed E-state index contributed by atoms with van der Waals surface area (Å²) in [6.07, 6.45) is -2.31. The Morgan fingerprint density at radius 3 is 2.54 bits per heavy atom. The first kappa shape index (κ1) is 18.5. The van der Waals surface area contributed by atoms with Gasteiger partial charge in [0.25, 0.3) is 5.56 Å². The smallest absolute Gasteiger partial charge is 0.333 e. The van der Waals surface area contributed by atoms with Gasteiger partial charge in [-0.05, 0) is 0 Å². The average Bonchev–Trinajstić information content (AvgIpc) is 2.86. The molecule has 1 fully saturated rings. The molecule has 1 aliphatic rings. The maximum Gasteiger partial charge on any atom is 0.333 e. The molecule has 0 radical (unpaired) electrons. The molecule has 9 heteroatoms. The van der Waals surface area contributed by atoms with Gasteiger partial charge in [0, 0.05) is 11.8 Å². The Kier molecular flexibility index (Phi) is 5.07. The molecule has 0 aromatic carbocycles. The van der Waals surface area contributed by atoms with E-state index in [1.54, 1.807) is 20.8 Å². The molecule has 0 spiro atoms. The highest BCUT2D eigenvalue weighted by molar-refractivity contribution is 5.83. The van der Waals surface area contributed by atoms with Gasteiger partial charge in [-0.15, -0.1) is 0 Å². The van der Waals surface area contributed by atoms with Crippen molar-refractivity contribution in [3.63, 3.8) is 0 Å². The Bertz CT molecular complexity index is 748. The molecule has 0 aliphatic carbocycles. The molecule has 1 saturated heterocycles. The van der Waals surface area contributed by atoms with E-state index in [2.05, 4.69) is 0 Å². The fourth-order valence-corrected chi connectivity index (χ4v) is 2.36. The maximum absolute atomic E-state index is 13.9. The second-order valence-electron chi connectivity index (χ2n) is 6.85. The SMILES string of the molecule is CC(C)(C)C(=O)Cn1c(=O)c(F)cn([C@H]2C[C@H](O)[C@@H](CO)O2)c1=O. The minimum Gasteiger partial charge on any atom is -0.394 e. The van der Waals surface area contributed by atoms with Crippen molar-refractivity contribution in [3.05, 3.63) is 32.9 Å². The largest absolute Gasteiger partial charge is 0.394 e. The topological polar surface area (TPSA) is 111 Å². The van der Waals surface area contributed by atoms with Crippen molar-refractivity contribution in [3.8, 4) is 0 Å². The third-order valence-corrected chi connectivity index (χ3v) is 3.99. The van der Waals surface area contributed by atoms with Gasteiger partial charge >= 0.3 is 5.69 Å². The van der Waals surface area contributed by atoms with Crippen LogP contribution in [0.2, 0.25) is 0 Å². The zero-order valence-corrected chi connectivity index (χ0v) is 13.7. The van der Waals surface area contributed by atoms with Gasteiger partial charge in [-0.1, -0.05) is 20.8 Å². The van der Waals surface area contributed by atoms with Gasteiger partial charge in [-0.25, -0.2) is 4.79 Å². The van der Waals surface area contributed by atoms with Crippen LogP contribution in [0, 0.1) is 11.2 Å². The molecule has 2 heterocycles. The summed E-state index contributed by atoms with van der Waals surface area (Å²) < 4.78 is 20.6. The van der Waals surface area contributed by atoms with E-state index in [4.69, 9.17) is 9.84 Å². The van der Waals surface area contributed by atoms with Crippen molar-refractivity contribution < 1.29 is 24.1 Å². The van der Waals surface area contributed by atoms with Gasteiger partial charge in [0.15, 0.2) is 5.78 Å². The Balaban J connectivity index is 2.44. The summed E-state index contributed by atoms with van der Waals surface area (Å²) in [5.74, 6) is -1.61. The second-order valence-corrected chi connectivity index (χ2v) is 6.85. The van der Waals surface area contributed by atoms with Gasteiger partial charge < -0.3 is 14.9 Å². The van der Waals surface area contributed by atoms with Crippen LogP contribution in [0.1, 0.15) is 33.4 Å². The molecule has 2 N–H and O–H groups in total. The predicted molar refractivity (Wildman–Crippen MR) is 81.0 cm³/mol. The standard InChI is InChI=1S/C15H21FN2O6/c1-15(2,3)11(21)6-18-13(22)8(16)5-17(14(18)23)12-4-9(20)10(7-19)24-12/h5,9-10,12,19-20H,4,6-7H2,1-3H3/t9-,10+,12+/m0/s1. The van der Waals surface area contributed by atoms with Crippen LogP contribution >= 0.6 is 0 Å². The second kappa shape index (κ2) is 6.58. The van der Waals surface area contributed by atoms with Crippen LogP contribution in [-0.2, 0) is 16.1 Å². The lowest BCUT2D eigenvalue weighted by Crippen LogP contribution is -2.45. The molecule has 134 valence electrons. The first-order chi connectivity index (χ1) is 11.1. The number of aromatic nitrogens is 2. The van der Waals surface area contributed by atoms with Crippen LogP contribution < -0.4 is 11.2 Å². The summed E-state index contributed by atoms with van der Waals surface area (Å²) >= 11 is 0. The Morgan fingerprint density at radius 1 is 1.42 bits per heavy atom. The number of carbonyl (C=O) groups is 1. The number of hydrogen-bond acceptors (Lipinski definition) is 6. The predicted octanol–water partition coefficient (Wildman–Crippen LogP) is -0.595. The lowest BCUT2D eigenvalue weighted by Gasteiger charge is -2.19. The Hall–Kier alpha value is -1.84. The molecule has 1 aromatic rings. The third-order valence-electron chi connectivity index (χ3n) is 3.99. The molecule has 1 aromatic heterocycles. The van der Waals surface area contributed by atoms with Gasteiger partial charge in [0.2, 0.25) is 5.82 Å². The van der Waals surface area contributed by atoms with E-state index in [9.17, 15) is 23.9 Å². The Morgan fingerprint density at radius 2 is 2.04 bits per heavy atom. The van der Waals surface area contributed by atoms with Crippen molar-refractivity contribution >= 4 is 5.78 Å². The molecule has 0 unspecified atom stereocenters. The van der Waals surface area contributed by atoms with Crippen LogP contribution in [0.5, 0.6) is 0 Å². The minimum absolute atomic E-state index is 0.0456. The number of rotatable bonds is 4. The van der Waals surface area contributed by atoms with Gasteiger partial charge in [0.1, 0.15) is 12.3 Å². The number of ether oxygens (including phenoxy) is 1. The molecule has 0 amide bonds. The van der Waals surface area contributed by atoms with E-state index >= 15 is 0 Å². The number of Topliss-reactive ketones (excluding diaryl/α,β-unsaturated/α-hetero) is 1. The van der Waals surface area contributed by atoms with E-state index in [-0.39, 0.29) is 6.42 Å². The van der Waals surface area contributed by atoms with Crippen LogP contribution in [-0.4, -0.2) is 43.9 Å². The van der Waals surface area contributed by atoms with Crippen LogP contribution in [0.4, 0.5) is 4.39 Å².